The van der Waals surface area contributed by atoms with Crippen LogP contribution < -0.4 is 15.2 Å². The van der Waals surface area contributed by atoms with Crippen molar-refractivity contribution < 1.29 is 22.5 Å². The van der Waals surface area contributed by atoms with E-state index in [0.29, 0.717) is 30.0 Å². The van der Waals surface area contributed by atoms with Crippen LogP contribution in [-0.4, -0.2) is 26.6 Å². The van der Waals surface area contributed by atoms with Crippen molar-refractivity contribution in [1.29, 1.82) is 0 Å². The van der Waals surface area contributed by atoms with Gasteiger partial charge in [-0.15, -0.1) is 0 Å². The molecular formula is C21H21N3O5S. The van der Waals surface area contributed by atoms with E-state index < -0.39 is 15.4 Å². The SMILES string of the molecule is COc1cccc(-c2cc(C3(C(=O)NCc4ccc(S(N)(=O)=O)cc4)CC3)no2)c1. The number of rotatable bonds is 7. The van der Waals surface area contributed by atoms with Crippen molar-refractivity contribution in [1.82, 2.24) is 10.5 Å². The van der Waals surface area contributed by atoms with Gasteiger partial charge in [-0.1, -0.05) is 29.4 Å². The Morgan fingerprint density at radius 1 is 1.20 bits per heavy atom. The summed E-state index contributed by atoms with van der Waals surface area (Å²) < 4.78 is 33.4. The highest BCUT2D eigenvalue weighted by molar-refractivity contribution is 7.89. The molecule has 3 N–H and O–H groups in total. The Kier molecular flexibility index (Phi) is 5.08. The van der Waals surface area contributed by atoms with Gasteiger partial charge in [-0.05, 0) is 42.7 Å². The monoisotopic (exact) mass is 427 g/mol. The first kappa shape index (κ1) is 20.1. The number of ether oxygens (including phenoxy) is 1. The number of carbonyl (C=O) groups excluding carboxylic acids is 1. The lowest BCUT2D eigenvalue weighted by molar-refractivity contribution is -0.123. The van der Waals surface area contributed by atoms with Gasteiger partial charge in [0.2, 0.25) is 15.9 Å². The number of nitrogens with zero attached hydrogens (tertiary/aromatic N) is 1. The summed E-state index contributed by atoms with van der Waals surface area (Å²) in [5.74, 6) is 1.14. The minimum absolute atomic E-state index is 0.0314. The van der Waals surface area contributed by atoms with Gasteiger partial charge in [-0.25, -0.2) is 13.6 Å². The molecule has 1 saturated carbocycles. The summed E-state index contributed by atoms with van der Waals surface area (Å²) in [4.78, 5) is 12.9. The van der Waals surface area contributed by atoms with Gasteiger partial charge in [0.1, 0.15) is 5.75 Å². The maximum atomic E-state index is 12.8. The predicted molar refractivity (Wildman–Crippen MR) is 109 cm³/mol. The summed E-state index contributed by atoms with van der Waals surface area (Å²) in [7, 11) is -2.14. The Bertz CT molecular complexity index is 1180. The summed E-state index contributed by atoms with van der Waals surface area (Å²) in [5, 5.41) is 12.1. The fourth-order valence-corrected chi connectivity index (χ4v) is 3.80. The summed E-state index contributed by atoms with van der Waals surface area (Å²) in [5.41, 5.74) is 1.49. The second kappa shape index (κ2) is 7.58. The van der Waals surface area contributed by atoms with Gasteiger partial charge in [-0.3, -0.25) is 4.79 Å². The van der Waals surface area contributed by atoms with Crippen molar-refractivity contribution in [2.45, 2.75) is 29.7 Å². The predicted octanol–water partition coefficient (Wildman–Crippen LogP) is 2.35. The first-order valence-corrected chi connectivity index (χ1v) is 10.9. The number of hydrogen-bond donors (Lipinski definition) is 2. The van der Waals surface area contributed by atoms with Crippen LogP contribution in [0.4, 0.5) is 0 Å². The Labute approximate surface area is 174 Å². The molecule has 8 nitrogen and oxygen atoms in total. The minimum Gasteiger partial charge on any atom is -0.497 e. The molecule has 4 rings (SSSR count). The van der Waals surface area contributed by atoms with Gasteiger partial charge in [0.25, 0.3) is 0 Å². The number of sulfonamides is 1. The summed E-state index contributed by atoms with van der Waals surface area (Å²) in [6.45, 7) is 0.270. The molecule has 0 spiro atoms. The van der Waals surface area contributed by atoms with E-state index in [9.17, 15) is 13.2 Å². The van der Waals surface area contributed by atoms with Crippen molar-refractivity contribution in [3.63, 3.8) is 0 Å². The smallest absolute Gasteiger partial charge is 0.238 e. The van der Waals surface area contributed by atoms with Gasteiger partial charge in [0.15, 0.2) is 5.76 Å². The van der Waals surface area contributed by atoms with Crippen LogP contribution in [0.3, 0.4) is 0 Å². The van der Waals surface area contributed by atoms with E-state index in [1.807, 2.05) is 24.3 Å². The van der Waals surface area contributed by atoms with Crippen molar-refractivity contribution in [3.05, 3.63) is 65.9 Å². The third kappa shape index (κ3) is 3.94. The molecule has 30 heavy (non-hydrogen) atoms. The zero-order chi connectivity index (χ0) is 21.4. The number of nitrogens with two attached hydrogens (primary N) is 1. The first-order chi connectivity index (χ1) is 14.3. The zero-order valence-corrected chi connectivity index (χ0v) is 17.1. The maximum Gasteiger partial charge on any atom is 0.238 e. The normalized spacial score (nSPS) is 14.9. The average Bonchev–Trinajstić information content (AvgIpc) is 3.41. The summed E-state index contributed by atoms with van der Waals surface area (Å²) in [6, 6.07) is 15.3. The summed E-state index contributed by atoms with van der Waals surface area (Å²) >= 11 is 0. The number of amides is 1. The quantitative estimate of drug-likeness (QED) is 0.596. The van der Waals surface area contributed by atoms with Gasteiger partial charge in [-0.2, -0.15) is 0 Å². The number of benzene rings is 2. The molecule has 0 aliphatic heterocycles. The zero-order valence-electron chi connectivity index (χ0n) is 16.3. The van der Waals surface area contributed by atoms with Crippen LogP contribution in [0.25, 0.3) is 11.3 Å². The Morgan fingerprint density at radius 3 is 2.57 bits per heavy atom. The number of primary sulfonamides is 1. The van der Waals surface area contributed by atoms with Crippen molar-refractivity contribution in [2.24, 2.45) is 5.14 Å². The van der Waals surface area contributed by atoms with Gasteiger partial charge >= 0.3 is 0 Å². The highest BCUT2D eigenvalue weighted by Gasteiger charge is 2.53. The molecule has 1 heterocycles. The summed E-state index contributed by atoms with van der Waals surface area (Å²) in [6.07, 6.45) is 1.38. The standard InChI is InChI=1S/C21H21N3O5S/c1-28-16-4-2-3-15(11-16)18-12-19(24-29-18)21(9-10-21)20(25)23-13-14-5-7-17(8-6-14)30(22,26)27/h2-8,11-12H,9-10,13H2,1H3,(H,23,25)(H2,22,26,27). The fourth-order valence-electron chi connectivity index (χ4n) is 3.29. The van der Waals surface area contributed by atoms with E-state index in [0.717, 1.165) is 11.1 Å². The first-order valence-electron chi connectivity index (χ1n) is 9.33. The molecule has 1 fully saturated rings. The number of carbonyl (C=O) groups is 1. The van der Waals surface area contributed by atoms with Gasteiger partial charge in [0, 0.05) is 18.2 Å². The molecule has 2 aromatic carbocycles. The highest BCUT2D eigenvalue weighted by atomic mass is 32.2. The molecule has 1 aliphatic carbocycles. The number of aromatic nitrogens is 1. The molecule has 9 heteroatoms. The lowest BCUT2D eigenvalue weighted by Crippen LogP contribution is -2.34. The van der Waals surface area contributed by atoms with Crippen LogP contribution in [-0.2, 0) is 26.8 Å². The maximum absolute atomic E-state index is 12.8. The van der Waals surface area contributed by atoms with E-state index in [-0.39, 0.29) is 17.3 Å². The molecule has 0 bridgehead atoms. The number of hydrogen-bond acceptors (Lipinski definition) is 6. The van der Waals surface area contributed by atoms with Crippen LogP contribution in [0.15, 0.2) is 64.0 Å². The van der Waals surface area contributed by atoms with E-state index >= 15 is 0 Å². The molecule has 1 aliphatic rings. The Balaban J connectivity index is 1.45. The molecule has 1 aromatic heterocycles. The van der Waals surface area contributed by atoms with E-state index in [2.05, 4.69) is 10.5 Å². The molecule has 0 unspecified atom stereocenters. The minimum atomic E-state index is -3.74. The second-order valence-electron chi connectivity index (χ2n) is 7.26. The topological polar surface area (TPSA) is 125 Å². The fraction of sp³-hybridized carbons (Fsp3) is 0.238. The molecular weight excluding hydrogens is 406 g/mol. The third-order valence-corrected chi connectivity index (χ3v) is 6.17. The van der Waals surface area contributed by atoms with Gasteiger partial charge in [0.05, 0.1) is 23.1 Å². The molecule has 0 atom stereocenters. The van der Waals surface area contributed by atoms with Crippen LogP contribution in [0.5, 0.6) is 5.75 Å². The van der Waals surface area contributed by atoms with Crippen molar-refractivity contribution >= 4 is 15.9 Å². The van der Waals surface area contributed by atoms with E-state index in [4.69, 9.17) is 14.4 Å². The lowest BCUT2D eigenvalue weighted by Gasteiger charge is -2.12. The van der Waals surface area contributed by atoms with Crippen molar-refractivity contribution in [2.75, 3.05) is 7.11 Å². The molecule has 0 radical (unpaired) electrons. The van der Waals surface area contributed by atoms with Crippen LogP contribution in [0, 0.1) is 0 Å². The molecule has 0 saturated heterocycles. The Hall–Kier alpha value is -3.17. The van der Waals surface area contributed by atoms with Crippen LogP contribution >= 0.6 is 0 Å². The second-order valence-corrected chi connectivity index (χ2v) is 8.82. The van der Waals surface area contributed by atoms with E-state index in [1.54, 1.807) is 25.3 Å². The molecule has 1 amide bonds. The molecule has 156 valence electrons. The largest absolute Gasteiger partial charge is 0.497 e. The Morgan fingerprint density at radius 2 is 1.93 bits per heavy atom. The lowest BCUT2D eigenvalue weighted by atomic mass is 10.00. The molecule has 3 aromatic rings. The third-order valence-electron chi connectivity index (χ3n) is 5.24. The highest BCUT2D eigenvalue weighted by Crippen LogP contribution is 2.48. The average molecular weight is 427 g/mol. The number of nitrogens with one attached hydrogen (secondary N) is 1. The van der Waals surface area contributed by atoms with Crippen LogP contribution in [0.2, 0.25) is 0 Å². The van der Waals surface area contributed by atoms with Crippen LogP contribution in [0.1, 0.15) is 24.1 Å². The number of methoxy groups -OCH3 is 1. The van der Waals surface area contributed by atoms with Gasteiger partial charge < -0.3 is 14.6 Å². The van der Waals surface area contributed by atoms with Crippen molar-refractivity contribution in [3.8, 4) is 17.1 Å². The van der Waals surface area contributed by atoms with E-state index in [1.165, 1.54) is 12.1 Å².